The van der Waals surface area contributed by atoms with Gasteiger partial charge < -0.3 is 25.8 Å². The standard InChI is InChI=1S/C30H28N4O5/c35-28(36)27(34-30(38)39-20-22-7-2-1-3-8-22)17-21-12-14-23(15-13-21)24-9-6-11-25(18-24)33-29(37)32-19-26-10-4-5-16-31-26/h1-16,18,27H,17,19-20H2,(H,34,38)(H,35,36)(H2,32,33,37)/t27-/m0/s1. The van der Waals surface area contributed by atoms with Gasteiger partial charge in [0.05, 0.1) is 12.2 Å². The molecule has 4 aromatic rings. The van der Waals surface area contributed by atoms with Gasteiger partial charge in [0.2, 0.25) is 0 Å². The first kappa shape index (κ1) is 26.9. The number of carboxylic acids is 1. The number of rotatable bonds is 10. The molecule has 0 radical (unpaired) electrons. The van der Waals surface area contributed by atoms with Gasteiger partial charge in [0.15, 0.2) is 0 Å². The predicted octanol–water partition coefficient (Wildman–Crippen LogP) is 4.99. The van der Waals surface area contributed by atoms with Gasteiger partial charge >= 0.3 is 18.1 Å². The number of urea groups is 1. The van der Waals surface area contributed by atoms with Crippen LogP contribution in [0.1, 0.15) is 16.8 Å². The second-order valence-electron chi connectivity index (χ2n) is 8.71. The number of aliphatic carboxylic acids is 1. The number of carbonyl (C=O) groups is 3. The SMILES string of the molecule is O=C(NCc1ccccn1)Nc1cccc(-c2ccc(C[C@H](NC(=O)OCc3ccccc3)C(=O)O)cc2)c1. The van der Waals surface area contributed by atoms with Crippen LogP contribution in [0, 0.1) is 0 Å². The first-order chi connectivity index (χ1) is 19.0. The Kier molecular flexibility index (Phi) is 9.22. The second-order valence-corrected chi connectivity index (χ2v) is 8.71. The molecule has 0 saturated carbocycles. The lowest BCUT2D eigenvalue weighted by Crippen LogP contribution is -2.42. The van der Waals surface area contributed by atoms with E-state index in [-0.39, 0.29) is 19.1 Å². The Labute approximate surface area is 225 Å². The van der Waals surface area contributed by atoms with E-state index >= 15 is 0 Å². The molecule has 0 fully saturated rings. The van der Waals surface area contributed by atoms with Crippen LogP contribution in [0.5, 0.6) is 0 Å². The van der Waals surface area contributed by atoms with Crippen LogP contribution in [0.2, 0.25) is 0 Å². The minimum absolute atomic E-state index is 0.0491. The minimum atomic E-state index is -1.16. The Bertz CT molecular complexity index is 1400. The molecular formula is C30H28N4O5. The third-order valence-electron chi connectivity index (χ3n) is 5.81. The average Bonchev–Trinajstić information content (AvgIpc) is 2.96. The Morgan fingerprint density at radius 2 is 1.59 bits per heavy atom. The molecular weight excluding hydrogens is 496 g/mol. The molecule has 198 valence electrons. The molecule has 9 nitrogen and oxygen atoms in total. The third kappa shape index (κ3) is 8.43. The molecule has 9 heteroatoms. The summed E-state index contributed by atoms with van der Waals surface area (Å²) in [4.78, 5) is 40.4. The van der Waals surface area contributed by atoms with E-state index in [1.807, 2.05) is 91.0 Å². The highest BCUT2D eigenvalue weighted by Gasteiger charge is 2.21. The number of anilines is 1. The number of nitrogens with zero attached hydrogens (tertiary/aromatic N) is 1. The van der Waals surface area contributed by atoms with Crippen LogP contribution in [0.3, 0.4) is 0 Å². The number of ether oxygens (including phenoxy) is 1. The zero-order valence-corrected chi connectivity index (χ0v) is 21.0. The highest BCUT2D eigenvalue weighted by atomic mass is 16.5. The molecule has 1 aromatic heterocycles. The Morgan fingerprint density at radius 3 is 2.31 bits per heavy atom. The third-order valence-corrected chi connectivity index (χ3v) is 5.81. The molecule has 3 amide bonds. The van der Waals surface area contributed by atoms with Crippen LogP contribution in [-0.2, 0) is 29.1 Å². The van der Waals surface area contributed by atoms with E-state index in [1.165, 1.54) is 0 Å². The molecule has 3 aromatic carbocycles. The zero-order chi connectivity index (χ0) is 27.5. The van der Waals surface area contributed by atoms with Crippen LogP contribution in [-0.4, -0.2) is 34.2 Å². The van der Waals surface area contributed by atoms with Crippen molar-refractivity contribution in [3.63, 3.8) is 0 Å². The molecule has 4 N–H and O–H groups in total. The van der Waals surface area contributed by atoms with Crippen molar-refractivity contribution in [2.45, 2.75) is 25.6 Å². The summed E-state index contributed by atoms with van der Waals surface area (Å²) in [6.07, 6.45) is 0.966. The van der Waals surface area contributed by atoms with E-state index in [2.05, 4.69) is 20.9 Å². The second kappa shape index (κ2) is 13.4. The van der Waals surface area contributed by atoms with E-state index in [0.29, 0.717) is 12.2 Å². The smallest absolute Gasteiger partial charge is 0.408 e. The highest BCUT2D eigenvalue weighted by Crippen LogP contribution is 2.23. The number of aromatic nitrogens is 1. The highest BCUT2D eigenvalue weighted by molar-refractivity contribution is 5.90. The molecule has 39 heavy (non-hydrogen) atoms. The number of carbonyl (C=O) groups excluding carboxylic acids is 2. The summed E-state index contributed by atoms with van der Waals surface area (Å²) in [6.45, 7) is 0.359. The van der Waals surface area contributed by atoms with E-state index in [4.69, 9.17) is 4.74 Å². The number of pyridine rings is 1. The quantitative estimate of drug-likeness (QED) is 0.231. The fraction of sp³-hybridized carbons (Fsp3) is 0.133. The molecule has 1 atom stereocenters. The Balaban J connectivity index is 1.31. The van der Waals surface area contributed by atoms with Crippen molar-refractivity contribution in [1.29, 1.82) is 0 Å². The molecule has 0 aliphatic carbocycles. The van der Waals surface area contributed by atoms with Gasteiger partial charge in [-0.1, -0.05) is 72.8 Å². The van der Waals surface area contributed by atoms with Crippen molar-refractivity contribution in [3.8, 4) is 11.1 Å². The number of hydrogen-bond acceptors (Lipinski definition) is 5. The fourth-order valence-corrected chi connectivity index (χ4v) is 3.80. The number of benzene rings is 3. The van der Waals surface area contributed by atoms with Gasteiger partial charge in [-0.25, -0.2) is 14.4 Å². The summed E-state index contributed by atoms with van der Waals surface area (Å²) in [6, 6.07) is 27.9. The van der Waals surface area contributed by atoms with Crippen LogP contribution in [0.15, 0.2) is 103 Å². The summed E-state index contributed by atoms with van der Waals surface area (Å²) >= 11 is 0. The molecule has 0 aliphatic heterocycles. The summed E-state index contributed by atoms with van der Waals surface area (Å²) in [5, 5.41) is 17.6. The van der Waals surface area contributed by atoms with Crippen molar-refractivity contribution in [3.05, 3.63) is 120 Å². The number of amides is 3. The number of alkyl carbamates (subject to hydrolysis) is 1. The molecule has 4 rings (SSSR count). The maximum absolute atomic E-state index is 12.3. The number of hydrogen-bond donors (Lipinski definition) is 4. The van der Waals surface area contributed by atoms with E-state index in [9.17, 15) is 19.5 Å². The molecule has 0 unspecified atom stereocenters. The average molecular weight is 525 g/mol. The lowest BCUT2D eigenvalue weighted by atomic mass is 10.0. The first-order valence-electron chi connectivity index (χ1n) is 12.3. The molecule has 0 saturated heterocycles. The normalized spacial score (nSPS) is 11.2. The summed E-state index contributed by atoms with van der Waals surface area (Å²) < 4.78 is 5.15. The minimum Gasteiger partial charge on any atom is -0.480 e. The molecule has 0 bridgehead atoms. The van der Waals surface area contributed by atoms with Gasteiger partial charge in [0.25, 0.3) is 0 Å². The lowest BCUT2D eigenvalue weighted by molar-refractivity contribution is -0.139. The van der Waals surface area contributed by atoms with Crippen molar-refractivity contribution < 1.29 is 24.2 Å². The number of nitrogens with one attached hydrogen (secondary N) is 3. The predicted molar refractivity (Wildman–Crippen MR) is 147 cm³/mol. The van der Waals surface area contributed by atoms with Crippen molar-refractivity contribution in [2.75, 3.05) is 5.32 Å². The van der Waals surface area contributed by atoms with Gasteiger partial charge in [0, 0.05) is 18.3 Å². The van der Waals surface area contributed by atoms with Gasteiger partial charge in [0.1, 0.15) is 12.6 Å². The topological polar surface area (TPSA) is 130 Å². The van der Waals surface area contributed by atoms with Crippen molar-refractivity contribution in [1.82, 2.24) is 15.6 Å². The first-order valence-corrected chi connectivity index (χ1v) is 12.3. The molecule has 0 aliphatic rings. The Hall–Kier alpha value is -5.18. The van der Waals surface area contributed by atoms with Crippen LogP contribution >= 0.6 is 0 Å². The molecule has 1 heterocycles. The van der Waals surface area contributed by atoms with Gasteiger partial charge in [-0.15, -0.1) is 0 Å². The van der Waals surface area contributed by atoms with Crippen LogP contribution in [0.25, 0.3) is 11.1 Å². The van der Waals surface area contributed by atoms with Gasteiger partial charge in [-0.05, 0) is 46.5 Å². The van der Waals surface area contributed by atoms with Crippen LogP contribution in [0.4, 0.5) is 15.3 Å². The maximum atomic E-state index is 12.3. The van der Waals surface area contributed by atoms with Crippen molar-refractivity contribution in [2.24, 2.45) is 0 Å². The van der Waals surface area contributed by atoms with Gasteiger partial charge in [-0.3, -0.25) is 4.98 Å². The van der Waals surface area contributed by atoms with Crippen LogP contribution < -0.4 is 16.0 Å². The van der Waals surface area contributed by atoms with E-state index in [1.54, 1.807) is 12.3 Å². The Morgan fingerprint density at radius 1 is 0.821 bits per heavy atom. The fourth-order valence-electron chi connectivity index (χ4n) is 3.80. The lowest BCUT2D eigenvalue weighted by Gasteiger charge is -2.15. The maximum Gasteiger partial charge on any atom is 0.408 e. The summed E-state index contributed by atoms with van der Waals surface area (Å²) in [7, 11) is 0. The van der Waals surface area contributed by atoms with Crippen molar-refractivity contribution >= 4 is 23.8 Å². The molecule has 0 spiro atoms. The number of carboxylic acid groups (broad SMARTS) is 1. The summed E-state index contributed by atoms with van der Waals surface area (Å²) in [5.74, 6) is -1.16. The van der Waals surface area contributed by atoms with E-state index in [0.717, 1.165) is 27.9 Å². The van der Waals surface area contributed by atoms with E-state index < -0.39 is 18.1 Å². The zero-order valence-electron chi connectivity index (χ0n) is 21.0. The monoisotopic (exact) mass is 524 g/mol. The summed E-state index contributed by atoms with van der Waals surface area (Å²) in [5.41, 5.74) is 4.68. The van der Waals surface area contributed by atoms with Gasteiger partial charge in [-0.2, -0.15) is 0 Å². The largest absolute Gasteiger partial charge is 0.480 e.